The minimum Gasteiger partial charge on any atom is -0.465 e. The van der Waals surface area contributed by atoms with Gasteiger partial charge in [0.2, 0.25) is 0 Å². The van der Waals surface area contributed by atoms with Crippen LogP contribution in [0.2, 0.25) is 0 Å². The molecule has 1 N–H and O–H groups in total. The quantitative estimate of drug-likeness (QED) is 0.792. The van der Waals surface area contributed by atoms with Crippen LogP contribution in [0, 0.1) is 0 Å². The Balaban J connectivity index is 2.29. The van der Waals surface area contributed by atoms with Crippen LogP contribution in [0.3, 0.4) is 0 Å². The van der Waals surface area contributed by atoms with E-state index in [0.29, 0.717) is 14.8 Å². The number of esters is 1. The molecule has 0 atom stereocenters. The van der Waals surface area contributed by atoms with E-state index in [9.17, 15) is 9.59 Å². The summed E-state index contributed by atoms with van der Waals surface area (Å²) in [5.41, 5.74) is 0.596. The summed E-state index contributed by atoms with van der Waals surface area (Å²) in [7, 11) is 1.28. The number of amides is 1. The zero-order valence-electron chi connectivity index (χ0n) is 10.3. The Morgan fingerprint density at radius 2 is 1.95 bits per heavy atom. The Bertz CT molecular complexity index is 666. The van der Waals surface area contributed by atoms with Crippen LogP contribution < -0.4 is 5.32 Å². The first kappa shape index (κ1) is 14.8. The number of ether oxygens (including phenoxy) is 1. The Hall–Kier alpha value is -1.60. The van der Waals surface area contributed by atoms with Crippen LogP contribution in [0.4, 0.5) is 5.69 Å². The van der Waals surface area contributed by atoms with Gasteiger partial charge in [-0.05, 0) is 46.3 Å². The van der Waals surface area contributed by atoms with E-state index in [2.05, 4.69) is 41.9 Å². The lowest BCUT2D eigenvalue weighted by Crippen LogP contribution is -2.14. The number of rotatable bonds is 3. The third-order valence-electron chi connectivity index (χ3n) is 2.43. The first-order valence-corrected chi connectivity index (χ1v) is 7.04. The standard InChI is InChI=1S/C13H9Br2NO4/c1-19-13(18)8-6-7(14)2-3-9(8)16-12(17)10-4-5-11(15)20-10/h2-6H,1H3,(H,16,17). The van der Waals surface area contributed by atoms with E-state index in [1.807, 2.05) is 0 Å². The van der Waals surface area contributed by atoms with E-state index < -0.39 is 11.9 Å². The maximum atomic E-state index is 12.0. The summed E-state index contributed by atoms with van der Waals surface area (Å²) in [5.74, 6) is -0.860. The van der Waals surface area contributed by atoms with Crippen LogP contribution in [-0.2, 0) is 4.74 Å². The van der Waals surface area contributed by atoms with Gasteiger partial charge in [-0.3, -0.25) is 4.79 Å². The second-order valence-electron chi connectivity index (χ2n) is 3.74. The molecule has 0 saturated carbocycles. The molecule has 1 aromatic heterocycles. The van der Waals surface area contributed by atoms with Gasteiger partial charge in [-0.2, -0.15) is 0 Å². The molecule has 1 aromatic carbocycles. The van der Waals surface area contributed by atoms with Crippen molar-refractivity contribution in [3.8, 4) is 0 Å². The van der Waals surface area contributed by atoms with Crippen LogP contribution in [0.5, 0.6) is 0 Å². The van der Waals surface area contributed by atoms with Gasteiger partial charge in [0.05, 0.1) is 18.4 Å². The summed E-state index contributed by atoms with van der Waals surface area (Å²) in [5, 5.41) is 2.61. The summed E-state index contributed by atoms with van der Waals surface area (Å²) < 4.78 is 11.0. The molecule has 104 valence electrons. The molecule has 2 aromatic rings. The van der Waals surface area contributed by atoms with Crippen LogP contribution >= 0.6 is 31.9 Å². The molecule has 2 rings (SSSR count). The Morgan fingerprint density at radius 3 is 2.55 bits per heavy atom. The molecule has 5 nitrogen and oxygen atoms in total. The molecule has 0 bridgehead atoms. The van der Waals surface area contributed by atoms with E-state index in [1.165, 1.54) is 13.2 Å². The Kier molecular flexibility index (Phi) is 4.61. The van der Waals surface area contributed by atoms with Crippen molar-refractivity contribution < 1.29 is 18.7 Å². The molecular weight excluding hydrogens is 394 g/mol. The summed E-state index contributed by atoms with van der Waals surface area (Å²) in [4.78, 5) is 23.7. The smallest absolute Gasteiger partial charge is 0.340 e. The van der Waals surface area contributed by atoms with Crippen molar-refractivity contribution in [3.63, 3.8) is 0 Å². The average Bonchev–Trinajstić information content (AvgIpc) is 2.86. The first-order valence-electron chi connectivity index (χ1n) is 5.46. The maximum absolute atomic E-state index is 12.0. The van der Waals surface area contributed by atoms with Gasteiger partial charge in [-0.15, -0.1) is 0 Å². The van der Waals surface area contributed by atoms with Gasteiger partial charge in [0.15, 0.2) is 10.4 Å². The third kappa shape index (κ3) is 3.29. The fourth-order valence-electron chi connectivity index (χ4n) is 1.52. The van der Waals surface area contributed by atoms with Crippen molar-refractivity contribution in [2.45, 2.75) is 0 Å². The maximum Gasteiger partial charge on any atom is 0.340 e. The summed E-state index contributed by atoms with van der Waals surface area (Å²) in [6.45, 7) is 0. The highest BCUT2D eigenvalue weighted by molar-refractivity contribution is 9.10. The minimum absolute atomic E-state index is 0.135. The Labute approximate surface area is 131 Å². The van der Waals surface area contributed by atoms with E-state index in [1.54, 1.807) is 24.3 Å². The number of benzene rings is 1. The number of halogens is 2. The molecule has 0 saturated heterocycles. The van der Waals surface area contributed by atoms with Crippen LogP contribution in [0.25, 0.3) is 0 Å². The average molecular weight is 403 g/mol. The molecule has 0 aliphatic heterocycles. The van der Waals surface area contributed by atoms with E-state index in [-0.39, 0.29) is 11.3 Å². The van der Waals surface area contributed by atoms with Crippen molar-refractivity contribution in [2.75, 3.05) is 12.4 Å². The molecule has 0 aliphatic rings. The van der Waals surface area contributed by atoms with E-state index in [0.717, 1.165) is 0 Å². The van der Waals surface area contributed by atoms with E-state index >= 15 is 0 Å². The number of hydrogen-bond acceptors (Lipinski definition) is 4. The number of hydrogen-bond donors (Lipinski definition) is 1. The largest absolute Gasteiger partial charge is 0.465 e. The van der Waals surface area contributed by atoms with Crippen molar-refractivity contribution in [1.29, 1.82) is 0 Å². The van der Waals surface area contributed by atoms with Crippen molar-refractivity contribution >= 4 is 49.4 Å². The molecule has 0 fully saturated rings. The lowest BCUT2D eigenvalue weighted by molar-refractivity contribution is 0.0602. The Morgan fingerprint density at radius 1 is 1.20 bits per heavy atom. The van der Waals surface area contributed by atoms with Gasteiger partial charge < -0.3 is 14.5 Å². The fraction of sp³-hybridized carbons (Fsp3) is 0.0769. The van der Waals surface area contributed by atoms with Gasteiger partial charge in [0.25, 0.3) is 5.91 Å². The molecule has 7 heteroatoms. The highest BCUT2D eigenvalue weighted by atomic mass is 79.9. The molecule has 0 spiro atoms. The van der Waals surface area contributed by atoms with Gasteiger partial charge in [0, 0.05) is 4.47 Å². The highest BCUT2D eigenvalue weighted by Crippen LogP contribution is 2.23. The lowest BCUT2D eigenvalue weighted by Gasteiger charge is -2.09. The predicted octanol–water partition coefficient (Wildman–Crippen LogP) is 3.84. The van der Waals surface area contributed by atoms with Crippen molar-refractivity contribution in [1.82, 2.24) is 0 Å². The summed E-state index contributed by atoms with van der Waals surface area (Å²) >= 11 is 6.38. The molecule has 1 amide bonds. The third-order valence-corrected chi connectivity index (χ3v) is 3.35. The van der Waals surface area contributed by atoms with Gasteiger partial charge in [-0.25, -0.2) is 4.79 Å². The fourth-order valence-corrected chi connectivity index (χ4v) is 2.19. The van der Waals surface area contributed by atoms with Gasteiger partial charge in [-0.1, -0.05) is 15.9 Å². The number of furan rings is 1. The normalized spacial score (nSPS) is 10.2. The van der Waals surface area contributed by atoms with Gasteiger partial charge in [0.1, 0.15) is 0 Å². The minimum atomic E-state index is -0.540. The van der Waals surface area contributed by atoms with Crippen molar-refractivity contribution in [2.24, 2.45) is 0 Å². The van der Waals surface area contributed by atoms with Gasteiger partial charge >= 0.3 is 5.97 Å². The topological polar surface area (TPSA) is 68.5 Å². The number of methoxy groups -OCH3 is 1. The molecule has 1 heterocycles. The monoisotopic (exact) mass is 401 g/mol. The highest BCUT2D eigenvalue weighted by Gasteiger charge is 2.17. The molecule has 20 heavy (non-hydrogen) atoms. The summed E-state index contributed by atoms with van der Waals surface area (Å²) in [6, 6.07) is 8.01. The number of anilines is 1. The molecule has 0 radical (unpaired) electrons. The van der Waals surface area contributed by atoms with Crippen molar-refractivity contribution in [3.05, 3.63) is 50.8 Å². The predicted molar refractivity (Wildman–Crippen MR) is 79.8 cm³/mol. The van der Waals surface area contributed by atoms with Crippen LogP contribution in [0.1, 0.15) is 20.9 Å². The molecule has 0 aliphatic carbocycles. The SMILES string of the molecule is COC(=O)c1cc(Br)ccc1NC(=O)c1ccc(Br)o1. The molecule has 0 unspecified atom stereocenters. The van der Waals surface area contributed by atoms with Crippen LogP contribution in [0.15, 0.2) is 43.9 Å². The first-order chi connectivity index (χ1) is 9.51. The zero-order chi connectivity index (χ0) is 14.7. The molecular formula is C13H9Br2NO4. The lowest BCUT2D eigenvalue weighted by atomic mass is 10.1. The number of carbonyl (C=O) groups is 2. The zero-order valence-corrected chi connectivity index (χ0v) is 13.4. The summed E-state index contributed by atoms with van der Waals surface area (Å²) in [6.07, 6.45) is 0. The van der Waals surface area contributed by atoms with Crippen LogP contribution in [-0.4, -0.2) is 19.0 Å². The van der Waals surface area contributed by atoms with E-state index in [4.69, 9.17) is 4.42 Å². The number of carbonyl (C=O) groups excluding carboxylic acids is 2. The number of nitrogens with one attached hydrogen (secondary N) is 1. The second kappa shape index (κ2) is 6.23. The second-order valence-corrected chi connectivity index (χ2v) is 5.44.